The average Bonchev–Trinajstić information content (AvgIpc) is 2.72. The Hall–Kier alpha value is -2.33. The molecule has 4 rings (SSSR count). The molecule has 1 fully saturated rings. The molecule has 136 valence electrons. The predicted octanol–water partition coefficient (Wildman–Crippen LogP) is 3.85. The Labute approximate surface area is 155 Å². The number of hydrogen-bond acceptors (Lipinski definition) is 3. The summed E-state index contributed by atoms with van der Waals surface area (Å²) in [6.45, 7) is 3.95. The van der Waals surface area contributed by atoms with E-state index < -0.39 is 0 Å². The van der Waals surface area contributed by atoms with Crippen LogP contribution in [-0.2, 0) is 24.3 Å². The maximum atomic E-state index is 12.3. The van der Waals surface area contributed by atoms with Gasteiger partial charge in [-0.3, -0.25) is 0 Å². The van der Waals surface area contributed by atoms with Crippen molar-refractivity contribution in [1.29, 1.82) is 0 Å². The molecular weight excluding hydrogens is 324 g/mol. The van der Waals surface area contributed by atoms with Crippen LogP contribution in [-0.4, -0.2) is 30.6 Å². The van der Waals surface area contributed by atoms with E-state index in [1.807, 2.05) is 35.2 Å². The van der Waals surface area contributed by atoms with Gasteiger partial charge < -0.3 is 15.0 Å². The van der Waals surface area contributed by atoms with E-state index in [0.29, 0.717) is 12.5 Å². The molecule has 2 heterocycles. The Balaban J connectivity index is 1.33. The number of piperidine rings is 1. The normalized spacial score (nSPS) is 17.6. The Bertz CT molecular complexity index is 752. The fraction of sp³-hybridized carbons (Fsp3) is 0.409. The van der Waals surface area contributed by atoms with Crippen molar-refractivity contribution in [1.82, 2.24) is 10.2 Å². The van der Waals surface area contributed by atoms with Gasteiger partial charge in [0.2, 0.25) is 0 Å². The Morgan fingerprint density at radius 1 is 1.08 bits per heavy atom. The van der Waals surface area contributed by atoms with E-state index in [9.17, 15) is 4.79 Å². The van der Waals surface area contributed by atoms with Crippen LogP contribution in [0.3, 0.4) is 0 Å². The zero-order valence-electron chi connectivity index (χ0n) is 15.1. The van der Waals surface area contributed by atoms with Gasteiger partial charge in [-0.1, -0.05) is 48.5 Å². The highest BCUT2D eigenvalue weighted by atomic mass is 16.6. The van der Waals surface area contributed by atoms with Gasteiger partial charge in [-0.15, -0.1) is 0 Å². The van der Waals surface area contributed by atoms with Gasteiger partial charge in [-0.2, -0.15) is 0 Å². The molecule has 1 saturated heterocycles. The fourth-order valence-corrected chi connectivity index (χ4v) is 4.13. The second kappa shape index (κ2) is 7.92. The van der Waals surface area contributed by atoms with Crippen LogP contribution in [0.5, 0.6) is 0 Å². The van der Waals surface area contributed by atoms with E-state index in [-0.39, 0.29) is 6.09 Å². The van der Waals surface area contributed by atoms with Gasteiger partial charge in [0.1, 0.15) is 6.61 Å². The van der Waals surface area contributed by atoms with E-state index in [0.717, 1.165) is 51.0 Å². The summed E-state index contributed by atoms with van der Waals surface area (Å²) in [5, 5.41) is 3.45. The van der Waals surface area contributed by atoms with Crippen LogP contribution in [0.1, 0.15) is 41.0 Å². The molecular formula is C22H26N2O2. The van der Waals surface area contributed by atoms with E-state index in [1.165, 1.54) is 16.7 Å². The summed E-state index contributed by atoms with van der Waals surface area (Å²) in [7, 11) is 0. The largest absolute Gasteiger partial charge is 0.445 e. The van der Waals surface area contributed by atoms with Gasteiger partial charge in [0.25, 0.3) is 0 Å². The number of ether oxygens (including phenoxy) is 1. The van der Waals surface area contributed by atoms with Crippen LogP contribution < -0.4 is 5.32 Å². The fourth-order valence-electron chi connectivity index (χ4n) is 4.13. The number of carbonyl (C=O) groups excluding carboxylic acids is 1. The third-order valence-corrected chi connectivity index (χ3v) is 5.57. The summed E-state index contributed by atoms with van der Waals surface area (Å²) in [6, 6.07) is 16.6. The molecule has 0 aromatic heterocycles. The lowest BCUT2D eigenvalue weighted by Crippen LogP contribution is -2.38. The second-order valence-electron chi connectivity index (χ2n) is 7.21. The molecule has 0 radical (unpaired) electrons. The Morgan fingerprint density at radius 2 is 1.88 bits per heavy atom. The van der Waals surface area contributed by atoms with E-state index in [1.54, 1.807) is 0 Å². The zero-order valence-corrected chi connectivity index (χ0v) is 15.1. The van der Waals surface area contributed by atoms with Gasteiger partial charge in [0.05, 0.1) is 0 Å². The molecule has 0 bridgehead atoms. The van der Waals surface area contributed by atoms with Crippen LogP contribution in [0.25, 0.3) is 0 Å². The van der Waals surface area contributed by atoms with Crippen LogP contribution in [0.4, 0.5) is 4.79 Å². The van der Waals surface area contributed by atoms with Crippen molar-refractivity contribution in [3.8, 4) is 0 Å². The number of amides is 1. The van der Waals surface area contributed by atoms with Crippen molar-refractivity contribution in [3.05, 3.63) is 70.8 Å². The minimum atomic E-state index is -0.188. The molecule has 2 aromatic carbocycles. The first-order chi connectivity index (χ1) is 12.8. The summed E-state index contributed by atoms with van der Waals surface area (Å²) in [6.07, 6.45) is 2.96. The molecule has 0 atom stereocenters. The van der Waals surface area contributed by atoms with Crippen LogP contribution in [0.2, 0.25) is 0 Å². The lowest BCUT2D eigenvalue weighted by Gasteiger charge is -2.33. The number of nitrogens with one attached hydrogen (secondary N) is 1. The highest BCUT2D eigenvalue weighted by Gasteiger charge is 2.27. The number of benzene rings is 2. The Kier molecular flexibility index (Phi) is 5.21. The SMILES string of the molecule is O=C(OCc1ccccc1)N1CCC(c2cccc3c2CCNC3)CC1. The van der Waals surface area contributed by atoms with Crippen molar-refractivity contribution in [2.45, 2.75) is 38.3 Å². The summed E-state index contributed by atoms with van der Waals surface area (Å²) < 4.78 is 5.48. The third-order valence-electron chi connectivity index (χ3n) is 5.57. The number of hydrogen-bond donors (Lipinski definition) is 1. The van der Waals surface area contributed by atoms with E-state index in [4.69, 9.17) is 4.74 Å². The molecule has 0 aliphatic carbocycles. The van der Waals surface area contributed by atoms with Crippen molar-refractivity contribution in [3.63, 3.8) is 0 Å². The molecule has 4 heteroatoms. The number of nitrogens with zero attached hydrogens (tertiary/aromatic N) is 1. The molecule has 0 spiro atoms. The topological polar surface area (TPSA) is 41.6 Å². The average molecular weight is 350 g/mol. The first kappa shape index (κ1) is 17.1. The first-order valence-electron chi connectivity index (χ1n) is 9.58. The van der Waals surface area contributed by atoms with E-state index in [2.05, 4.69) is 23.5 Å². The number of likely N-dealkylation sites (tertiary alicyclic amines) is 1. The number of fused-ring (bicyclic) bond motifs is 1. The third kappa shape index (κ3) is 3.75. The Morgan fingerprint density at radius 3 is 2.69 bits per heavy atom. The van der Waals surface area contributed by atoms with Crippen molar-refractivity contribution < 1.29 is 9.53 Å². The highest BCUT2D eigenvalue weighted by molar-refractivity contribution is 5.67. The molecule has 0 saturated carbocycles. The highest BCUT2D eigenvalue weighted by Crippen LogP contribution is 2.33. The minimum absolute atomic E-state index is 0.188. The van der Waals surface area contributed by atoms with Crippen molar-refractivity contribution in [2.75, 3.05) is 19.6 Å². The summed E-state index contributed by atoms with van der Waals surface area (Å²) in [4.78, 5) is 14.2. The summed E-state index contributed by atoms with van der Waals surface area (Å²) in [5.41, 5.74) is 5.51. The van der Waals surface area contributed by atoms with Gasteiger partial charge in [-0.25, -0.2) is 4.79 Å². The summed E-state index contributed by atoms with van der Waals surface area (Å²) in [5.74, 6) is 0.557. The molecule has 2 aliphatic rings. The quantitative estimate of drug-likeness (QED) is 0.914. The van der Waals surface area contributed by atoms with Crippen LogP contribution >= 0.6 is 0 Å². The molecule has 26 heavy (non-hydrogen) atoms. The van der Waals surface area contributed by atoms with Crippen LogP contribution in [0, 0.1) is 0 Å². The van der Waals surface area contributed by atoms with Gasteiger partial charge >= 0.3 is 6.09 Å². The lowest BCUT2D eigenvalue weighted by atomic mass is 9.83. The molecule has 1 N–H and O–H groups in total. The second-order valence-corrected chi connectivity index (χ2v) is 7.21. The monoisotopic (exact) mass is 350 g/mol. The standard InChI is InChI=1S/C22H26N2O2/c25-22(26-16-17-5-2-1-3-6-17)24-13-10-18(11-14-24)20-8-4-7-19-15-23-12-9-21(19)20/h1-8,18,23H,9-16H2. The first-order valence-corrected chi connectivity index (χ1v) is 9.58. The van der Waals surface area contributed by atoms with Gasteiger partial charge in [-0.05, 0) is 54.0 Å². The van der Waals surface area contributed by atoms with Crippen molar-refractivity contribution >= 4 is 6.09 Å². The summed E-state index contributed by atoms with van der Waals surface area (Å²) >= 11 is 0. The maximum absolute atomic E-state index is 12.3. The molecule has 1 amide bonds. The van der Waals surface area contributed by atoms with Crippen LogP contribution in [0.15, 0.2) is 48.5 Å². The molecule has 2 aromatic rings. The van der Waals surface area contributed by atoms with Crippen molar-refractivity contribution in [2.24, 2.45) is 0 Å². The number of carbonyl (C=O) groups is 1. The van der Waals surface area contributed by atoms with Gasteiger partial charge in [0, 0.05) is 19.6 Å². The predicted molar refractivity (Wildman–Crippen MR) is 102 cm³/mol. The van der Waals surface area contributed by atoms with Gasteiger partial charge in [0.15, 0.2) is 0 Å². The maximum Gasteiger partial charge on any atom is 0.410 e. The minimum Gasteiger partial charge on any atom is -0.445 e. The molecule has 0 unspecified atom stereocenters. The lowest BCUT2D eigenvalue weighted by molar-refractivity contribution is 0.0870. The molecule has 2 aliphatic heterocycles. The molecule has 4 nitrogen and oxygen atoms in total. The smallest absolute Gasteiger partial charge is 0.410 e. The zero-order chi connectivity index (χ0) is 17.8. The number of rotatable bonds is 3. The van der Waals surface area contributed by atoms with E-state index >= 15 is 0 Å².